The van der Waals surface area contributed by atoms with Gasteiger partial charge in [0.25, 0.3) is 5.91 Å². The third kappa shape index (κ3) is 7.50. The molecule has 0 saturated carbocycles. The number of carbonyl (C=O) groups is 1. The number of hydrogen-bond acceptors (Lipinski definition) is 5. The van der Waals surface area contributed by atoms with Gasteiger partial charge < -0.3 is 14.2 Å². The van der Waals surface area contributed by atoms with Crippen LogP contribution in [-0.4, -0.2) is 25.3 Å². The predicted molar refractivity (Wildman–Crippen MR) is 138 cm³/mol. The van der Waals surface area contributed by atoms with E-state index < -0.39 is 0 Å². The zero-order valence-electron chi connectivity index (χ0n) is 19.0. The molecule has 6 nitrogen and oxygen atoms in total. The fourth-order valence-electron chi connectivity index (χ4n) is 2.95. The van der Waals surface area contributed by atoms with Crippen LogP contribution in [0.15, 0.2) is 70.2 Å². The second kappa shape index (κ2) is 13.0. The molecule has 0 unspecified atom stereocenters. The molecule has 0 aliphatic carbocycles. The minimum Gasteiger partial charge on any atom is -0.494 e. The lowest BCUT2D eigenvalue weighted by atomic mass is 10.2. The standard InChI is InChI=1S/C26H26BrClN2O4/c1-3-13-33-22-11-7-20(8-12-22)26(31)30-29-16-19-14-23(27)25(24(15-19)32-4-2)34-17-18-5-9-21(28)10-6-18/h5-12,14-16H,3-4,13,17H2,1-2H3,(H,30,31)/b29-16-. The fraction of sp³-hybridized carbons (Fsp3) is 0.231. The van der Waals surface area contributed by atoms with Gasteiger partial charge in [-0.25, -0.2) is 5.43 Å². The molecule has 0 aliphatic rings. The van der Waals surface area contributed by atoms with Crippen LogP contribution in [0.4, 0.5) is 0 Å². The van der Waals surface area contributed by atoms with E-state index in [0.717, 1.165) is 23.3 Å². The monoisotopic (exact) mass is 544 g/mol. The van der Waals surface area contributed by atoms with Gasteiger partial charge in [0.15, 0.2) is 11.5 Å². The Kier molecular flexibility index (Phi) is 9.79. The van der Waals surface area contributed by atoms with Crippen LogP contribution in [0, 0.1) is 0 Å². The number of ether oxygens (including phenoxy) is 3. The number of rotatable bonds is 11. The number of carbonyl (C=O) groups excluding carboxylic acids is 1. The average molecular weight is 546 g/mol. The van der Waals surface area contributed by atoms with Gasteiger partial charge in [0, 0.05) is 10.6 Å². The van der Waals surface area contributed by atoms with Gasteiger partial charge >= 0.3 is 0 Å². The predicted octanol–water partition coefficient (Wildman–Crippen LogP) is 6.63. The molecule has 1 amide bonds. The van der Waals surface area contributed by atoms with Gasteiger partial charge in [0.2, 0.25) is 0 Å². The minimum absolute atomic E-state index is 0.315. The maximum absolute atomic E-state index is 12.4. The highest BCUT2D eigenvalue weighted by Crippen LogP contribution is 2.37. The summed E-state index contributed by atoms with van der Waals surface area (Å²) in [6, 6.07) is 18.0. The summed E-state index contributed by atoms with van der Waals surface area (Å²) in [7, 11) is 0. The van der Waals surface area contributed by atoms with E-state index in [0.29, 0.717) is 46.4 Å². The van der Waals surface area contributed by atoms with Crippen LogP contribution in [0.25, 0.3) is 0 Å². The molecule has 0 heterocycles. The Morgan fingerprint density at radius 2 is 1.76 bits per heavy atom. The molecule has 3 aromatic rings. The van der Waals surface area contributed by atoms with E-state index in [-0.39, 0.29) is 5.91 Å². The first-order valence-corrected chi connectivity index (χ1v) is 12.1. The lowest BCUT2D eigenvalue weighted by Crippen LogP contribution is -2.17. The second-order valence-corrected chi connectivity index (χ2v) is 8.54. The Morgan fingerprint density at radius 1 is 1.03 bits per heavy atom. The Morgan fingerprint density at radius 3 is 2.44 bits per heavy atom. The van der Waals surface area contributed by atoms with Crippen molar-refractivity contribution in [1.82, 2.24) is 5.43 Å². The lowest BCUT2D eigenvalue weighted by molar-refractivity contribution is 0.0955. The van der Waals surface area contributed by atoms with Crippen LogP contribution in [0.3, 0.4) is 0 Å². The van der Waals surface area contributed by atoms with Crippen molar-refractivity contribution in [2.45, 2.75) is 26.9 Å². The minimum atomic E-state index is -0.315. The molecule has 0 atom stereocenters. The molecule has 0 bridgehead atoms. The normalized spacial score (nSPS) is 10.8. The number of benzene rings is 3. The number of nitrogens with one attached hydrogen (secondary N) is 1. The number of hydrogen-bond donors (Lipinski definition) is 1. The molecule has 178 valence electrons. The maximum atomic E-state index is 12.4. The molecular weight excluding hydrogens is 520 g/mol. The molecule has 0 fully saturated rings. The van der Waals surface area contributed by atoms with Crippen LogP contribution in [0.5, 0.6) is 17.2 Å². The van der Waals surface area contributed by atoms with Gasteiger partial charge in [-0.3, -0.25) is 4.79 Å². The summed E-state index contributed by atoms with van der Waals surface area (Å²) in [5, 5.41) is 4.75. The van der Waals surface area contributed by atoms with Crippen molar-refractivity contribution < 1.29 is 19.0 Å². The molecule has 0 saturated heterocycles. The van der Waals surface area contributed by atoms with Crippen molar-refractivity contribution in [2.24, 2.45) is 5.10 Å². The van der Waals surface area contributed by atoms with E-state index in [1.807, 2.05) is 44.2 Å². The average Bonchev–Trinajstić information content (AvgIpc) is 2.84. The third-order valence-corrected chi connectivity index (χ3v) is 5.44. The van der Waals surface area contributed by atoms with E-state index in [9.17, 15) is 4.79 Å². The molecule has 3 aromatic carbocycles. The smallest absolute Gasteiger partial charge is 0.271 e. The van der Waals surface area contributed by atoms with Gasteiger partial charge in [-0.05, 0) is 88.9 Å². The van der Waals surface area contributed by atoms with Gasteiger partial charge in [-0.15, -0.1) is 0 Å². The fourth-order valence-corrected chi connectivity index (χ4v) is 3.65. The molecule has 0 aliphatic heterocycles. The molecule has 1 N–H and O–H groups in total. The van der Waals surface area contributed by atoms with Crippen LogP contribution in [-0.2, 0) is 6.61 Å². The van der Waals surface area contributed by atoms with Crippen LogP contribution in [0.1, 0.15) is 41.8 Å². The van der Waals surface area contributed by atoms with Gasteiger partial charge in [0.1, 0.15) is 12.4 Å². The summed E-state index contributed by atoms with van der Waals surface area (Å²) in [4.78, 5) is 12.4. The Hall–Kier alpha value is -3.03. The highest BCUT2D eigenvalue weighted by Gasteiger charge is 2.12. The highest BCUT2D eigenvalue weighted by molar-refractivity contribution is 9.10. The summed E-state index contributed by atoms with van der Waals surface area (Å²) in [5.41, 5.74) is 4.74. The second-order valence-electron chi connectivity index (χ2n) is 7.25. The zero-order chi connectivity index (χ0) is 24.3. The number of halogens is 2. The first kappa shape index (κ1) is 25.6. The Balaban J connectivity index is 1.65. The molecule has 34 heavy (non-hydrogen) atoms. The topological polar surface area (TPSA) is 69.2 Å². The summed E-state index contributed by atoms with van der Waals surface area (Å²) in [5.74, 6) is 1.57. The van der Waals surface area contributed by atoms with Gasteiger partial charge in [-0.1, -0.05) is 30.7 Å². The van der Waals surface area contributed by atoms with Gasteiger partial charge in [-0.2, -0.15) is 5.10 Å². The van der Waals surface area contributed by atoms with Crippen LogP contribution >= 0.6 is 27.5 Å². The molecule has 8 heteroatoms. The van der Waals surface area contributed by atoms with E-state index >= 15 is 0 Å². The summed E-state index contributed by atoms with van der Waals surface area (Å²) in [6.07, 6.45) is 2.47. The SMILES string of the molecule is CCCOc1ccc(C(=O)N/N=C\c2cc(Br)c(OCc3ccc(Cl)cc3)c(OCC)c2)cc1. The van der Waals surface area contributed by atoms with Crippen molar-refractivity contribution in [2.75, 3.05) is 13.2 Å². The summed E-state index contributed by atoms with van der Waals surface area (Å²) < 4.78 is 18.0. The third-order valence-electron chi connectivity index (χ3n) is 4.60. The van der Waals surface area contributed by atoms with E-state index in [1.165, 1.54) is 0 Å². The maximum Gasteiger partial charge on any atom is 0.271 e. The van der Waals surface area contributed by atoms with Crippen LogP contribution in [0.2, 0.25) is 5.02 Å². The first-order valence-electron chi connectivity index (χ1n) is 10.9. The van der Waals surface area contributed by atoms with E-state index in [2.05, 4.69) is 26.5 Å². The van der Waals surface area contributed by atoms with E-state index in [1.54, 1.807) is 36.5 Å². The van der Waals surface area contributed by atoms with Crippen molar-refractivity contribution >= 4 is 39.7 Å². The van der Waals surface area contributed by atoms with Crippen molar-refractivity contribution in [3.05, 3.63) is 86.8 Å². The zero-order valence-corrected chi connectivity index (χ0v) is 21.4. The van der Waals surface area contributed by atoms with Gasteiger partial charge in [0.05, 0.1) is 23.9 Å². The molecule has 0 radical (unpaired) electrons. The van der Waals surface area contributed by atoms with Crippen molar-refractivity contribution in [1.29, 1.82) is 0 Å². The first-order chi connectivity index (χ1) is 16.5. The quantitative estimate of drug-likeness (QED) is 0.217. The van der Waals surface area contributed by atoms with E-state index in [4.69, 9.17) is 25.8 Å². The van der Waals surface area contributed by atoms with Crippen molar-refractivity contribution in [3.8, 4) is 17.2 Å². The summed E-state index contributed by atoms with van der Waals surface area (Å²) >= 11 is 9.49. The number of hydrazone groups is 1. The lowest BCUT2D eigenvalue weighted by Gasteiger charge is -2.14. The molecule has 0 aromatic heterocycles. The highest BCUT2D eigenvalue weighted by atomic mass is 79.9. The number of amides is 1. The Labute approximate surface area is 213 Å². The molecule has 0 spiro atoms. The largest absolute Gasteiger partial charge is 0.494 e. The number of nitrogens with zero attached hydrogens (tertiary/aromatic N) is 1. The molecule has 3 rings (SSSR count). The molecular formula is C26H26BrClN2O4. The van der Waals surface area contributed by atoms with Crippen LogP contribution < -0.4 is 19.6 Å². The Bertz CT molecular complexity index is 1120. The summed E-state index contributed by atoms with van der Waals surface area (Å²) in [6.45, 7) is 5.41. The van der Waals surface area contributed by atoms with Crippen molar-refractivity contribution in [3.63, 3.8) is 0 Å².